The SMILES string of the molecule is COC(=O)[C@H](CC/C(F)=C/Cn1c(C)noc1=O)N(C(=O)OC(C)(C)C)C(=O)OC(C)(C)C. The van der Waals surface area contributed by atoms with E-state index in [2.05, 4.69) is 9.68 Å². The van der Waals surface area contributed by atoms with Crippen LogP contribution >= 0.6 is 0 Å². The second kappa shape index (κ2) is 11.1. The fourth-order valence-electron chi connectivity index (χ4n) is 2.55. The van der Waals surface area contributed by atoms with Crippen LogP contribution in [-0.4, -0.2) is 57.1 Å². The van der Waals surface area contributed by atoms with Crippen LogP contribution in [0.5, 0.6) is 0 Å². The van der Waals surface area contributed by atoms with Crippen molar-refractivity contribution in [3.63, 3.8) is 0 Å². The van der Waals surface area contributed by atoms with E-state index >= 15 is 0 Å². The number of carbonyl (C=O) groups is 3. The first kappa shape index (κ1) is 27.9. The molecule has 0 saturated carbocycles. The number of aromatic nitrogens is 2. The van der Waals surface area contributed by atoms with E-state index in [0.717, 1.165) is 17.8 Å². The van der Waals surface area contributed by atoms with Gasteiger partial charge in [-0.05, 0) is 61.0 Å². The van der Waals surface area contributed by atoms with Crippen LogP contribution in [-0.2, 0) is 25.5 Å². The molecule has 186 valence electrons. The third-order valence-electron chi connectivity index (χ3n) is 3.98. The van der Waals surface area contributed by atoms with Crippen LogP contribution in [0.3, 0.4) is 0 Å². The molecule has 12 heteroatoms. The lowest BCUT2D eigenvalue weighted by Crippen LogP contribution is -2.52. The van der Waals surface area contributed by atoms with Crippen LogP contribution in [0.15, 0.2) is 21.2 Å². The number of imide groups is 1. The van der Waals surface area contributed by atoms with Gasteiger partial charge in [0.1, 0.15) is 17.2 Å². The lowest BCUT2D eigenvalue weighted by Gasteiger charge is -2.32. The molecule has 0 fully saturated rings. The number of allylic oxidation sites excluding steroid dienone is 2. The van der Waals surface area contributed by atoms with Crippen molar-refractivity contribution in [2.45, 2.75) is 85.1 Å². The maximum Gasteiger partial charge on any atom is 0.441 e. The van der Waals surface area contributed by atoms with Crippen molar-refractivity contribution in [1.82, 2.24) is 14.6 Å². The van der Waals surface area contributed by atoms with E-state index in [9.17, 15) is 23.6 Å². The van der Waals surface area contributed by atoms with Gasteiger partial charge < -0.3 is 14.2 Å². The number of amides is 2. The number of halogens is 1. The number of rotatable bonds is 7. The normalized spacial score (nSPS) is 13.3. The molecule has 1 aromatic heterocycles. The van der Waals surface area contributed by atoms with E-state index in [1.54, 1.807) is 41.5 Å². The summed E-state index contributed by atoms with van der Waals surface area (Å²) in [6, 6.07) is -1.51. The molecule has 1 rings (SSSR count). The minimum absolute atomic E-state index is 0.148. The molecule has 0 saturated heterocycles. The van der Waals surface area contributed by atoms with Gasteiger partial charge in [0, 0.05) is 6.42 Å². The lowest BCUT2D eigenvalue weighted by atomic mass is 10.1. The number of aryl methyl sites for hydroxylation is 1. The zero-order valence-corrected chi connectivity index (χ0v) is 20.3. The number of methoxy groups -OCH3 is 1. The number of carbonyl (C=O) groups excluding carboxylic acids is 3. The molecule has 0 unspecified atom stereocenters. The highest BCUT2D eigenvalue weighted by Crippen LogP contribution is 2.21. The van der Waals surface area contributed by atoms with Gasteiger partial charge in [-0.25, -0.2) is 23.6 Å². The molecule has 0 aliphatic heterocycles. The minimum atomic E-state index is -1.51. The Kier molecular flexibility index (Phi) is 9.37. The average molecular weight is 473 g/mol. The summed E-state index contributed by atoms with van der Waals surface area (Å²) in [5.74, 6) is -2.13. The van der Waals surface area contributed by atoms with Crippen LogP contribution < -0.4 is 5.76 Å². The number of hydrogen-bond donors (Lipinski definition) is 0. The Bertz CT molecular complexity index is 909. The summed E-state index contributed by atoms with van der Waals surface area (Å²) >= 11 is 0. The van der Waals surface area contributed by atoms with E-state index in [1.165, 1.54) is 6.92 Å². The van der Waals surface area contributed by atoms with E-state index in [-0.39, 0.29) is 25.2 Å². The highest BCUT2D eigenvalue weighted by Gasteiger charge is 2.40. The second-order valence-corrected chi connectivity index (χ2v) is 9.17. The van der Waals surface area contributed by atoms with E-state index in [1.807, 2.05) is 0 Å². The highest BCUT2D eigenvalue weighted by atomic mass is 19.1. The molecule has 11 nitrogen and oxygen atoms in total. The zero-order valence-electron chi connectivity index (χ0n) is 20.3. The quantitative estimate of drug-likeness (QED) is 0.431. The van der Waals surface area contributed by atoms with Gasteiger partial charge >= 0.3 is 23.9 Å². The van der Waals surface area contributed by atoms with Gasteiger partial charge in [-0.1, -0.05) is 5.16 Å². The molecule has 33 heavy (non-hydrogen) atoms. The standard InChI is InChI=1S/C21H32FN3O8/c1-13-23-33-17(27)24(13)12-11-14(22)9-10-15(16(26)30-8)25(18(28)31-20(2,3)4)19(29)32-21(5,6)7/h11,15H,9-10,12H2,1-8H3/b14-11-/t15-/m0/s1. The van der Waals surface area contributed by atoms with E-state index < -0.39 is 47.0 Å². The number of ether oxygens (including phenoxy) is 3. The first-order chi connectivity index (χ1) is 15.1. The van der Waals surface area contributed by atoms with Crippen molar-refractivity contribution in [2.75, 3.05) is 7.11 Å². The summed E-state index contributed by atoms with van der Waals surface area (Å²) in [5, 5.41) is 3.48. The van der Waals surface area contributed by atoms with Gasteiger partial charge in [-0.2, -0.15) is 4.90 Å². The molecule has 1 atom stereocenters. The first-order valence-electron chi connectivity index (χ1n) is 10.3. The van der Waals surface area contributed by atoms with Crippen LogP contribution in [0.4, 0.5) is 14.0 Å². The van der Waals surface area contributed by atoms with Crippen LogP contribution in [0.25, 0.3) is 0 Å². The Hall–Kier alpha value is -3.18. The smallest absolute Gasteiger partial charge is 0.441 e. The Balaban J connectivity index is 3.14. The first-order valence-corrected chi connectivity index (χ1v) is 10.3. The topological polar surface area (TPSA) is 130 Å². The van der Waals surface area contributed by atoms with Crippen molar-refractivity contribution in [3.05, 3.63) is 28.3 Å². The van der Waals surface area contributed by atoms with Gasteiger partial charge in [0.05, 0.1) is 19.5 Å². The van der Waals surface area contributed by atoms with Crippen molar-refractivity contribution < 1.29 is 37.5 Å². The maximum absolute atomic E-state index is 14.5. The van der Waals surface area contributed by atoms with Crippen LogP contribution in [0, 0.1) is 6.92 Å². The molecule has 2 amide bonds. The largest absolute Gasteiger partial charge is 0.467 e. The number of esters is 1. The molecule has 0 N–H and O–H groups in total. The summed E-state index contributed by atoms with van der Waals surface area (Å²) in [7, 11) is 1.07. The van der Waals surface area contributed by atoms with E-state index in [0.29, 0.717) is 4.90 Å². The predicted octanol–water partition coefficient (Wildman–Crippen LogP) is 3.49. The van der Waals surface area contributed by atoms with Crippen molar-refractivity contribution in [2.24, 2.45) is 0 Å². The molecule has 0 aliphatic rings. The third-order valence-corrected chi connectivity index (χ3v) is 3.98. The van der Waals surface area contributed by atoms with Gasteiger partial charge in [-0.15, -0.1) is 0 Å². The van der Waals surface area contributed by atoms with Gasteiger partial charge in [0.15, 0.2) is 5.82 Å². The highest BCUT2D eigenvalue weighted by molar-refractivity contribution is 5.94. The Morgan fingerprint density at radius 1 is 1.12 bits per heavy atom. The molecule has 1 heterocycles. The van der Waals surface area contributed by atoms with Crippen LogP contribution in [0.1, 0.15) is 60.2 Å². The van der Waals surface area contributed by atoms with Crippen LogP contribution in [0.2, 0.25) is 0 Å². The molecule has 0 radical (unpaired) electrons. The number of nitrogens with zero attached hydrogens (tertiary/aromatic N) is 3. The molecule has 0 bridgehead atoms. The molecule has 0 aliphatic carbocycles. The van der Waals surface area contributed by atoms with Gasteiger partial charge in [0.25, 0.3) is 0 Å². The maximum atomic E-state index is 14.5. The average Bonchev–Trinajstić information content (AvgIpc) is 2.97. The lowest BCUT2D eigenvalue weighted by molar-refractivity contribution is -0.147. The summed E-state index contributed by atoms with van der Waals surface area (Å²) in [4.78, 5) is 50.0. The van der Waals surface area contributed by atoms with E-state index in [4.69, 9.17) is 14.2 Å². The summed E-state index contributed by atoms with van der Waals surface area (Å²) in [5.41, 5.74) is -1.96. The van der Waals surface area contributed by atoms with Gasteiger partial charge in [-0.3, -0.25) is 9.09 Å². The molecule has 0 aromatic carbocycles. The molecular formula is C21H32FN3O8. The minimum Gasteiger partial charge on any atom is -0.467 e. The van der Waals surface area contributed by atoms with Crippen molar-refractivity contribution in [3.8, 4) is 0 Å². The fraction of sp³-hybridized carbons (Fsp3) is 0.667. The number of hydrogen-bond acceptors (Lipinski definition) is 9. The second-order valence-electron chi connectivity index (χ2n) is 9.17. The Labute approximate surface area is 191 Å². The third kappa shape index (κ3) is 9.07. The Morgan fingerprint density at radius 2 is 1.64 bits per heavy atom. The van der Waals surface area contributed by atoms with Crippen molar-refractivity contribution >= 4 is 18.2 Å². The Morgan fingerprint density at radius 3 is 2.03 bits per heavy atom. The van der Waals surface area contributed by atoms with Gasteiger partial charge in [0.2, 0.25) is 0 Å². The fourth-order valence-corrected chi connectivity index (χ4v) is 2.55. The summed E-state index contributed by atoms with van der Waals surface area (Å²) < 4.78 is 35.3. The predicted molar refractivity (Wildman–Crippen MR) is 114 cm³/mol. The zero-order chi connectivity index (χ0) is 25.6. The van der Waals surface area contributed by atoms with Crippen molar-refractivity contribution in [1.29, 1.82) is 0 Å². The molecule has 1 aromatic rings. The summed E-state index contributed by atoms with van der Waals surface area (Å²) in [6.07, 6.45) is -1.83. The molecule has 0 spiro atoms. The molecular weight excluding hydrogens is 441 g/mol. The summed E-state index contributed by atoms with van der Waals surface area (Å²) in [6.45, 7) is 10.9. The monoisotopic (exact) mass is 473 g/mol.